The summed E-state index contributed by atoms with van der Waals surface area (Å²) in [6.45, 7) is -0.706. The van der Waals surface area contributed by atoms with E-state index in [1.807, 2.05) is 0 Å². The van der Waals surface area contributed by atoms with Crippen LogP contribution in [0, 0.1) is 5.92 Å². The van der Waals surface area contributed by atoms with Gasteiger partial charge in [-0.25, -0.2) is 0 Å². The molecule has 0 aromatic carbocycles. The van der Waals surface area contributed by atoms with Crippen LogP contribution in [-0.4, -0.2) is 56.9 Å². The average Bonchev–Trinajstić information content (AvgIpc) is 3.15. The molecule has 2 aromatic rings. The largest absolute Gasteiger partial charge is 0.473 e. The van der Waals surface area contributed by atoms with Crippen molar-refractivity contribution in [2.24, 2.45) is 5.92 Å². The highest BCUT2D eigenvalue weighted by atomic mass is 19.3. The second-order valence-corrected chi connectivity index (χ2v) is 7.08. The normalized spacial score (nSPS) is 27.7. The van der Waals surface area contributed by atoms with Crippen molar-refractivity contribution < 1.29 is 18.3 Å². The first-order valence-corrected chi connectivity index (χ1v) is 8.97. The summed E-state index contributed by atoms with van der Waals surface area (Å²) < 4.78 is 34.8. The molecule has 0 unspecified atom stereocenters. The quantitative estimate of drug-likeness (QED) is 0.797. The first-order valence-electron chi connectivity index (χ1n) is 8.97. The maximum atomic E-state index is 12.2. The number of aromatic nitrogens is 4. The van der Waals surface area contributed by atoms with Gasteiger partial charge in [0.2, 0.25) is 11.8 Å². The van der Waals surface area contributed by atoms with Crippen LogP contribution in [0.5, 0.6) is 11.8 Å². The third-order valence-corrected chi connectivity index (χ3v) is 5.50. The third-order valence-electron chi connectivity index (χ3n) is 5.50. The molecule has 4 rings (SSSR count). The number of nitrogens with zero attached hydrogens (tertiary/aromatic N) is 4. The lowest BCUT2D eigenvalue weighted by Gasteiger charge is -2.41. The topological polar surface area (TPSA) is 88.2 Å². The Morgan fingerprint density at radius 3 is 2.96 bits per heavy atom. The summed E-state index contributed by atoms with van der Waals surface area (Å²) >= 11 is 0. The summed E-state index contributed by atoms with van der Waals surface area (Å²) in [6.07, 6.45) is 6.59. The molecule has 2 aliphatic rings. The molecule has 10 heteroatoms. The second kappa shape index (κ2) is 7.26. The molecule has 27 heavy (non-hydrogen) atoms. The first kappa shape index (κ1) is 17.9. The van der Waals surface area contributed by atoms with Crippen molar-refractivity contribution in [3.8, 4) is 11.8 Å². The van der Waals surface area contributed by atoms with E-state index >= 15 is 0 Å². The zero-order valence-electron chi connectivity index (χ0n) is 15.1. The first-order chi connectivity index (χ1) is 13.0. The minimum atomic E-state index is -2.93. The van der Waals surface area contributed by atoms with Gasteiger partial charge in [0.15, 0.2) is 5.82 Å². The van der Waals surface area contributed by atoms with Crippen molar-refractivity contribution in [1.82, 2.24) is 25.1 Å². The monoisotopic (exact) mass is 380 g/mol. The fraction of sp³-hybridized carbons (Fsp3) is 0.588. The van der Waals surface area contributed by atoms with Gasteiger partial charge in [0.25, 0.3) is 0 Å². The number of ether oxygens (including phenoxy) is 2. The minimum absolute atomic E-state index is 0.0986. The van der Waals surface area contributed by atoms with Gasteiger partial charge in [0, 0.05) is 30.5 Å². The average molecular weight is 380 g/mol. The molecule has 4 heterocycles. The molecule has 0 aliphatic carbocycles. The van der Waals surface area contributed by atoms with Crippen LogP contribution in [0.15, 0.2) is 18.5 Å². The molecule has 0 spiro atoms. The Balaban J connectivity index is 1.41. The van der Waals surface area contributed by atoms with Gasteiger partial charge in [0.05, 0.1) is 12.4 Å². The number of aromatic amines is 1. The summed E-state index contributed by atoms with van der Waals surface area (Å²) in [5.41, 5.74) is 0. The van der Waals surface area contributed by atoms with Gasteiger partial charge < -0.3 is 14.8 Å². The van der Waals surface area contributed by atoms with Crippen LogP contribution in [0.4, 0.5) is 20.4 Å². The van der Waals surface area contributed by atoms with Crippen LogP contribution < -0.4 is 14.8 Å². The molecule has 0 radical (unpaired) electrons. The summed E-state index contributed by atoms with van der Waals surface area (Å²) in [6, 6.07) is 2.42. The maximum Gasteiger partial charge on any atom is 0.388 e. The predicted octanol–water partition coefficient (Wildman–Crippen LogP) is 2.79. The Labute approximate surface area is 155 Å². The highest BCUT2D eigenvalue weighted by molar-refractivity contribution is 5.52. The molecule has 0 amide bonds. The number of piperidine rings is 1. The number of alkyl halides is 2. The highest BCUT2D eigenvalue weighted by Crippen LogP contribution is 2.39. The van der Waals surface area contributed by atoms with Crippen LogP contribution in [0.2, 0.25) is 0 Å². The number of fused-ring (bicyclic) bond motifs is 2. The second-order valence-electron chi connectivity index (χ2n) is 7.08. The van der Waals surface area contributed by atoms with E-state index in [2.05, 4.69) is 49.1 Å². The number of hydrogen-bond donors (Lipinski definition) is 2. The van der Waals surface area contributed by atoms with E-state index < -0.39 is 6.61 Å². The van der Waals surface area contributed by atoms with Crippen LogP contribution in [-0.2, 0) is 0 Å². The fourth-order valence-electron chi connectivity index (χ4n) is 4.12. The van der Waals surface area contributed by atoms with Crippen molar-refractivity contribution >= 4 is 11.6 Å². The SMILES string of the molecule is C[C@@H]1[C@H]2CC[C@@H](C[C@H]1Oc1cncc(Nc3cc(OC(F)F)n[nH]3)n1)N2C. The molecule has 2 fully saturated rings. The number of nitrogens with one attached hydrogen (secondary N) is 2. The molecule has 8 nitrogen and oxygen atoms in total. The lowest BCUT2D eigenvalue weighted by atomic mass is 9.89. The van der Waals surface area contributed by atoms with Gasteiger partial charge in [-0.1, -0.05) is 6.92 Å². The predicted molar refractivity (Wildman–Crippen MR) is 93.3 cm³/mol. The Kier molecular flexibility index (Phi) is 4.81. The Hall–Kier alpha value is -2.49. The summed E-state index contributed by atoms with van der Waals surface area (Å²) in [5.74, 6) is 1.42. The summed E-state index contributed by atoms with van der Waals surface area (Å²) in [7, 11) is 2.19. The fourth-order valence-corrected chi connectivity index (χ4v) is 4.12. The van der Waals surface area contributed by atoms with E-state index in [1.165, 1.54) is 25.1 Å². The molecule has 2 N–H and O–H groups in total. The van der Waals surface area contributed by atoms with Gasteiger partial charge in [0.1, 0.15) is 11.9 Å². The van der Waals surface area contributed by atoms with Crippen molar-refractivity contribution in [2.45, 2.75) is 51.0 Å². The minimum Gasteiger partial charge on any atom is -0.473 e. The van der Waals surface area contributed by atoms with Crippen LogP contribution >= 0.6 is 0 Å². The van der Waals surface area contributed by atoms with Crippen LogP contribution in [0.1, 0.15) is 26.2 Å². The van der Waals surface area contributed by atoms with Gasteiger partial charge in [-0.3, -0.25) is 15.0 Å². The number of halogens is 2. The smallest absolute Gasteiger partial charge is 0.388 e. The summed E-state index contributed by atoms with van der Waals surface area (Å²) in [5, 5.41) is 9.11. The zero-order chi connectivity index (χ0) is 19.0. The van der Waals surface area contributed by atoms with Crippen LogP contribution in [0.25, 0.3) is 0 Å². The number of H-pyrrole nitrogens is 1. The van der Waals surface area contributed by atoms with Crippen molar-refractivity contribution in [2.75, 3.05) is 12.4 Å². The van der Waals surface area contributed by atoms with Crippen molar-refractivity contribution in [1.29, 1.82) is 0 Å². The van der Waals surface area contributed by atoms with Crippen molar-refractivity contribution in [3.63, 3.8) is 0 Å². The highest BCUT2D eigenvalue weighted by Gasteiger charge is 2.44. The lowest BCUT2D eigenvalue weighted by Crippen LogP contribution is -2.49. The van der Waals surface area contributed by atoms with Gasteiger partial charge >= 0.3 is 6.61 Å². The third kappa shape index (κ3) is 3.80. The Bertz CT molecular complexity index is 788. The van der Waals surface area contributed by atoms with E-state index in [0.29, 0.717) is 35.5 Å². The van der Waals surface area contributed by atoms with E-state index in [0.717, 1.165) is 6.42 Å². The number of rotatable bonds is 6. The van der Waals surface area contributed by atoms with E-state index in [4.69, 9.17) is 4.74 Å². The van der Waals surface area contributed by atoms with Gasteiger partial charge in [-0.15, -0.1) is 5.10 Å². The molecular formula is C17H22F2N6O2. The van der Waals surface area contributed by atoms with E-state index in [-0.39, 0.29) is 12.0 Å². The Morgan fingerprint density at radius 2 is 2.15 bits per heavy atom. The van der Waals surface area contributed by atoms with E-state index in [1.54, 1.807) is 6.20 Å². The van der Waals surface area contributed by atoms with Crippen LogP contribution in [0.3, 0.4) is 0 Å². The molecule has 146 valence electrons. The maximum absolute atomic E-state index is 12.2. The molecule has 2 bridgehead atoms. The lowest BCUT2D eigenvalue weighted by molar-refractivity contribution is -0.0528. The molecular weight excluding hydrogens is 358 g/mol. The molecule has 4 atom stereocenters. The van der Waals surface area contributed by atoms with Crippen molar-refractivity contribution in [3.05, 3.63) is 18.5 Å². The Morgan fingerprint density at radius 1 is 1.30 bits per heavy atom. The molecule has 2 aromatic heterocycles. The zero-order valence-corrected chi connectivity index (χ0v) is 15.1. The number of hydrogen-bond acceptors (Lipinski definition) is 7. The molecule has 2 saturated heterocycles. The number of anilines is 2. The molecule has 0 saturated carbocycles. The standard InChI is InChI=1S/C17H22F2N6O2/c1-9-11-4-3-10(25(11)2)5-12(9)26-16-8-20-7-14(22-16)21-13-6-15(24-23-13)27-17(18)19/h6-12,17H,3-5H2,1-2H3,(H2,21,22,23,24)/t9-,10+,11-,12-/m1/s1. The van der Waals surface area contributed by atoms with Gasteiger partial charge in [-0.2, -0.15) is 13.8 Å². The van der Waals surface area contributed by atoms with Gasteiger partial charge in [-0.05, 0) is 19.9 Å². The summed E-state index contributed by atoms with van der Waals surface area (Å²) in [4.78, 5) is 11.0. The van der Waals surface area contributed by atoms with E-state index in [9.17, 15) is 8.78 Å². The molecule has 2 aliphatic heterocycles.